The van der Waals surface area contributed by atoms with Crippen LogP contribution in [0.5, 0.6) is 0 Å². The zero-order valence-corrected chi connectivity index (χ0v) is 6.92. The standard InChI is InChI=1S/C8H14N2O/c1-9-2-3-10-6-8(11)4-7(10)5-9/h7H,2-6H2,1H3. The monoisotopic (exact) mass is 154 g/mol. The second-order valence-corrected chi connectivity index (χ2v) is 3.63. The van der Waals surface area contributed by atoms with Crippen LogP contribution in [-0.4, -0.2) is 54.9 Å². The molecule has 0 aliphatic carbocycles. The smallest absolute Gasteiger partial charge is 0.148 e. The number of carbonyl (C=O) groups excluding carboxylic acids is 1. The molecular formula is C8H14N2O. The van der Waals surface area contributed by atoms with E-state index in [9.17, 15) is 4.79 Å². The molecule has 0 spiro atoms. The molecular weight excluding hydrogens is 140 g/mol. The molecule has 1 atom stereocenters. The summed E-state index contributed by atoms with van der Waals surface area (Å²) in [5.41, 5.74) is 0. The first-order chi connectivity index (χ1) is 5.25. The minimum atomic E-state index is 0.422. The van der Waals surface area contributed by atoms with Crippen molar-refractivity contribution in [3.05, 3.63) is 0 Å². The SMILES string of the molecule is CN1CCN2CC(=O)CC2C1. The lowest BCUT2D eigenvalue weighted by atomic mass is 10.2. The molecule has 0 N–H and O–H groups in total. The van der Waals surface area contributed by atoms with E-state index in [4.69, 9.17) is 0 Å². The van der Waals surface area contributed by atoms with Crippen LogP contribution in [0.25, 0.3) is 0 Å². The third-order valence-corrected chi connectivity index (χ3v) is 2.65. The van der Waals surface area contributed by atoms with Crippen molar-refractivity contribution in [1.29, 1.82) is 0 Å². The minimum absolute atomic E-state index is 0.422. The van der Waals surface area contributed by atoms with Crippen LogP contribution in [0.2, 0.25) is 0 Å². The largest absolute Gasteiger partial charge is 0.304 e. The zero-order chi connectivity index (χ0) is 7.84. The Morgan fingerprint density at radius 2 is 2.27 bits per heavy atom. The molecule has 2 aliphatic heterocycles. The molecule has 0 saturated carbocycles. The Kier molecular flexibility index (Phi) is 1.69. The van der Waals surface area contributed by atoms with Crippen molar-refractivity contribution in [2.75, 3.05) is 33.2 Å². The van der Waals surface area contributed by atoms with Crippen LogP contribution >= 0.6 is 0 Å². The van der Waals surface area contributed by atoms with Gasteiger partial charge in [0, 0.05) is 32.1 Å². The van der Waals surface area contributed by atoms with Gasteiger partial charge >= 0.3 is 0 Å². The maximum Gasteiger partial charge on any atom is 0.148 e. The first kappa shape index (κ1) is 7.25. The van der Waals surface area contributed by atoms with Crippen molar-refractivity contribution in [2.24, 2.45) is 0 Å². The Balaban J connectivity index is 2.02. The van der Waals surface area contributed by atoms with Gasteiger partial charge in [0.1, 0.15) is 5.78 Å². The maximum atomic E-state index is 11.1. The van der Waals surface area contributed by atoms with E-state index in [2.05, 4.69) is 16.8 Å². The highest BCUT2D eigenvalue weighted by atomic mass is 16.1. The lowest BCUT2D eigenvalue weighted by Gasteiger charge is -2.34. The number of fused-ring (bicyclic) bond motifs is 1. The molecule has 11 heavy (non-hydrogen) atoms. The molecule has 2 rings (SSSR count). The number of ketones is 1. The van der Waals surface area contributed by atoms with Crippen molar-refractivity contribution in [1.82, 2.24) is 9.80 Å². The summed E-state index contributed by atoms with van der Waals surface area (Å²) in [5, 5.41) is 0. The quantitative estimate of drug-likeness (QED) is 0.473. The van der Waals surface area contributed by atoms with Gasteiger partial charge in [-0.15, -0.1) is 0 Å². The number of Topliss-reactive ketones (excluding diaryl/α,β-unsaturated/α-hetero) is 1. The van der Waals surface area contributed by atoms with Crippen LogP contribution in [-0.2, 0) is 4.79 Å². The number of rotatable bonds is 0. The van der Waals surface area contributed by atoms with Gasteiger partial charge in [-0.2, -0.15) is 0 Å². The Labute approximate surface area is 67.0 Å². The summed E-state index contributed by atoms with van der Waals surface area (Å²) in [7, 11) is 2.13. The molecule has 0 aromatic carbocycles. The second-order valence-electron chi connectivity index (χ2n) is 3.63. The maximum absolute atomic E-state index is 11.1. The van der Waals surface area contributed by atoms with E-state index in [1.807, 2.05) is 0 Å². The summed E-state index contributed by atoms with van der Waals surface area (Å²) < 4.78 is 0. The fourth-order valence-corrected chi connectivity index (χ4v) is 2.00. The van der Waals surface area contributed by atoms with Gasteiger partial charge in [-0.3, -0.25) is 9.69 Å². The van der Waals surface area contributed by atoms with E-state index in [0.29, 0.717) is 18.4 Å². The van der Waals surface area contributed by atoms with Gasteiger partial charge < -0.3 is 4.90 Å². The summed E-state index contributed by atoms with van der Waals surface area (Å²) >= 11 is 0. The highest BCUT2D eigenvalue weighted by Crippen LogP contribution is 2.17. The topological polar surface area (TPSA) is 23.6 Å². The molecule has 0 radical (unpaired) electrons. The minimum Gasteiger partial charge on any atom is -0.304 e. The predicted molar refractivity (Wildman–Crippen MR) is 42.5 cm³/mol. The molecule has 1 unspecified atom stereocenters. The average Bonchev–Trinajstić information content (AvgIpc) is 2.27. The molecule has 3 heteroatoms. The molecule has 0 aromatic rings. The number of hydrogen-bond donors (Lipinski definition) is 0. The number of likely N-dealkylation sites (N-methyl/N-ethyl adjacent to an activating group) is 1. The molecule has 0 amide bonds. The first-order valence-corrected chi connectivity index (χ1v) is 4.20. The summed E-state index contributed by atoms with van der Waals surface area (Å²) in [6.07, 6.45) is 0.782. The van der Waals surface area contributed by atoms with Crippen molar-refractivity contribution < 1.29 is 4.79 Å². The van der Waals surface area contributed by atoms with Gasteiger partial charge in [-0.25, -0.2) is 0 Å². The fraction of sp³-hybridized carbons (Fsp3) is 0.875. The van der Waals surface area contributed by atoms with E-state index < -0.39 is 0 Å². The van der Waals surface area contributed by atoms with Gasteiger partial charge in [-0.1, -0.05) is 0 Å². The number of carbonyl (C=O) groups is 1. The van der Waals surface area contributed by atoms with Gasteiger partial charge in [0.05, 0.1) is 6.54 Å². The molecule has 2 aliphatic rings. The van der Waals surface area contributed by atoms with E-state index in [1.165, 1.54) is 0 Å². The molecule has 62 valence electrons. The van der Waals surface area contributed by atoms with E-state index in [1.54, 1.807) is 0 Å². The molecule has 2 saturated heterocycles. The van der Waals surface area contributed by atoms with Crippen LogP contribution < -0.4 is 0 Å². The summed E-state index contributed by atoms with van der Waals surface area (Å²) in [4.78, 5) is 15.7. The van der Waals surface area contributed by atoms with E-state index in [-0.39, 0.29) is 0 Å². The van der Waals surface area contributed by atoms with Crippen LogP contribution in [0, 0.1) is 0 Å². The van der Waals surface area contributed by atoms with Crippen molar-refractivity contribution in [3.63, 3.8) is 0 Å². The third kappa shape index (κ3) is 1.30. The number of piperazine rings is 1. The van der Waals surface area contributed by atoms with Crippen molar-refractivity contribution in [3.8, 4) is 0 Å². The molecule has 0 aromatic heterocycles. The van der Waals surface area contributed by atoms with Crippen molar-refractivity contribution in [2.45, 2.75) is 12.5 Å². The lowest BCUT2D eigenvalue weighted by molar-refractivity contribution is -0.116. The highest BCUT2D eigenvalue weighted by molar-refractivity contribution is 5.83. The zero-order valence-electron chi connectivity index (χ0n) is 6.92. The van der Waals surface area contributed by atoms with Gasteiger partial charge in [0.2, 0.25) is 0 Å². The van der Waals surface area contributed by atoms with Crippen LogP contribution in [0.4, 0.5) is 0 Å². The normalized spacial score (nSPS) is 34.3. The molecule has 0 bridgehead atoms. The average molecular weight is 154 g/mol. The van der Waals surface area contributed by atoms with Gasteiger partial charge in [0.15, 0.2) is 0 Å². The highest BCUT2D eigenvalue weighted by Gasteiger charge is 2.33. The Bertz CT molecular complexity index is 181. The van der Waals surface area contributed by atoms with Crippen LogP contribution in [0.1, 0.15) is 6.42 Å². The van der Waals surface area contributed by atoms with Gasteiger partial charge in [-0.05, 0) is 7.05 Å². The molecule has 3 nitrogen and oxygen atoms in total. The Morgan fingerprint density at radius 1 is 1.45 bits per heavy atom. The summed E-state index contributed by atoms with van der Waals surface area (Å²) in [5.74, 6) is 0.422. The summed E-state index contributed by atoms with van der Waals surface area (Å²) in [6, 6.07) is 0.529. The lowest BCUT2D eigenvalue weighted by Crippen LogP contribution is -2.48. The van der Waals surface area contributed by atoms with Gasteiger partial charge in [0.25, 0.3) is 0 Å². The predicted octanol–water partition coefficient (Wildman–Crippen LogP) is -0.425. The van der Waals surface area contributed by atoms with E-state index >= 15 is 0 Å². The first-order valence-electron chi connectivity index (χ1n) is 4.20. The third-order valence-electron chi connectivity index (χ3n) is 2.65. The van der Waals surface area contributed by atoms with E-state index in [0.717, 1.165) is 26.1 Å². The molecule has 2 heterocycles. The fourth-order valence-electron chi connectivity index (χ4n) is 2.00. The second kappa shape index (κ2) is 2.57. The van der Waals surface area contributed by atoms with Crippen LogP contribution in [0.3, 0.4) is 0 Å². The Morgan fingerprint density at radius 3 is 3.09 bits per heavy atom. The summed E-state index contributed by atoms with van der Waals surface area (Å²) in [6.45, 7) is 3.97. The Hall–Kier alpha value is -0.410. The molecule has 2 fully saturated rings. The number of nitrogens with zero attached hydrogens (tertiary/aromatic N) is 2. The number of hydrogen-bond acceptors (Lipinski definition) is 3. The van der Waals surface area contributed by atoms with Crippen molar-refractivity contribution >= 4 is 5.78 Å². The van der Waals surface area contributed by atoms with Crippen LogP contribution in [0.15, 0.2) is 0 Å².